The normalized spacial score (nSPS) is 17.5. The maximum atomic E-state index is 10.6. The zero-order chi connectivity index (χ0) is 17.9. The first kappa shape index (κ1) is 20.5. The van der Waals surface area contributed by atoms with Gasteiger partial charge in [0.2, 0.25) is 0 Å². The molecule has 0 fully saturated rings. The van der Waals surface area contributed by atoms with Crippen LogP contribution in [0.5, 0.6) is 0 Å². The first-order chi connectivity index (χ1) is 11.6. The van der Waals surface area contributed by atoms with Crippen molar-refractivity contribution in [2.75, 3.05) is 19.8 Å². The molecular formula is C18H26O6. The molecule has 1 aromatic carbocycles. The van der Waals surface area contributed by atoms with Gasteiger partial charge in [0.15, 0.2) is 0 Å². The van der Waals surface area contributed by atoms with E-state index in [1.165, 1.54) is 12.2 Å². The van der Waals surface area contributed by atoms with Crippen molar-refractivity contribution < 1.29 is 29.9 Å². The van der Waals surface area contributed by atoms with Crippen LogP contribution in [-0.2, 0) is 9.47 Å². The molecule has 0 aliphatic heterocycles. The van der Waals surface area contributed by atoms with Gasteiger partial charge < -0.3 is 29.9 Å². The van der Waals surface area contributed by atoms with Crippen molar-refractivity contribution in [2.24, 2.45) is 0 Å². The summed E-state index contributed by atoms with van der Waals surface area (Å²) < 4.78 is 10.9. The summed E-state index contributed by atoms with van der Waals surface area (Å²) in [5.41, 5.74) is 0.659. The topological polar surface area (TPSA) is 99.4 Å². The van der Waals surface area contributed by atoms with E-state index in [0.717, 1.165) is 0 Å². The molecule has 0 bridgehead atoms. The summed E-state index contributed by atoms with van der Waals surface area (Å²) in [6, 6.07) is 8.90. The molecule has 0 aliphatic rings. The molecule has 0 aliphatic carbocycles. The van der Waals surface area contributed by atoms with Gasteiger partial charge in [-0.25, -0.2) is 0 Å². The third kappa shape index (κ3) is 5.83. The molecule has 1 rings (SSSR count). The summed E-state index contributed by atoms with van der Waals surface area (Å²) >= 11 is 0. The van der Waals surface area contributed by atoms with Crippen LogP contribution in [0.4, 0.5) is 0 Å². The number of rotatable bonds is 12. The second kappa shape index (κ2) is 11.1. The van der Waals surface area contributed by atoms with Gasteiger partial charge >= 0.3 is 0 Å². The largest absolute Gasteiger partial charge is 0.394 e. The Morgan fingerprint density at radius 1 is 0.917 bits per heavy atom. The zero-order valence-corrected chi connectivity index (χ0v) is 13.6. The third-order valence-electron chi connectivity index (χ3n) is 3.49. The quantitative estimate of drug-likeness (QED) is 0.416. The number of hydrogen-bond donors (Lipinski definition) is 4. The summed E-state index contributed by atoms with van der Waals surface area (Å²) in [6.07, 6.45) is -3.29. The standard InChI is InChI=1S/C18H26O6/c1-3-10-23-17(13-8-6-5-7-9-13)15(21)16(22)18(14(20)12-19)24-11-4-2/h3-9,14-22H,1-2,10-12H2/t14-,15+,16-,17+,18-/m1/s1. The van der Waals surface area contributed by atoms with E-state index in [0.29, 0.717) is 5.56 Å². The Kier molecular flexibility index (Phi) is 9.48. The Morgan fingerprint density at radius 2 is 1.50 bits per heavy atom. The lowest BCUT2D eigenvalue weighted by atomic mass is 9.95. The zero-order valence-electron chi connectivity index (χ0n) is 13.6. The minimum atomic E-state index is -1.48. The Hall–Kier alpha value is -1.54. The lowest BCUT2D eigenvalue weighted by molar-refractivity contribution is -0.164. The third-order valence-corrected chi connectivity index (χ3v) is 3.49. The molecule has 0 unspecified atom stereocenters. The van der Waals surface area contributed by atoms with Crippen LogP contribution in [0.1, 0.15) is 11.7 Å². The number of hydrogen-bond acceptors (Lipinski definition) is 6. The molecule has 0 amide bonds. The van der Waals surface area contributed by atoms with E-state index < -0.39 is 37.1 Å². The monoisotopic (exact) mass is 338 g/mol. The average Bonchev–Trinajstić information content (AvgIpc) is 2.62. The van der Waals surface area contributed by atoms with E-state index in [9.17, 15) is 15.3 Å². The van der Waals surface area contributed by atoms with Gasteiger partial charge in [0, 0.05) is 0 Å². The lowest BCUT2D eigenvalue weighted by Crippen LogP contribution is -2.49. The number of aliphatic hydroxyl groups is 4. The van der Waals surface area contributed by atoms with Crippen LogP contribution in [0.25, 0.3) is 0 Å². The van der Waals surface area contributed by atoms with Crippen LogP contribution in [0.3, 0.4) is 0 Å². The Morgan fingerprint density at radius 3 is 2.04 bits per heavy atom. The highest BCUT2D eigenvalue weighted by Crippen LogP contribution is 2.26. The first-order valence-corrected chi connectivity index (χ1v) is 7.71. The summed E-state index contributed by atoms with van der Waals surface area (Å²) in [5, 5.41) is 40.0. The van der Waals surface area contributed by atoms with Crippen LogP contribution in [-0.4, -0.2) is 64.7 Å². The van der Waals surface area contributed by atoms with Gasteiger partial charge in [0.1, 0.15) is 30.5 Å². The predicted octanol–water partition coefficient (Wildman–Crippen LogP) is 0.576. The number of aliphatic hydroxyl groups excluding tert-OH is 4. The second-order valence-electron chi connectivity index (χ2n) is 5.27. The SMILES string of the molecule is C=CCO[C@@H]([C@H](O)[C@H](O)[C@@H](OCC=C)c1ccccc1)[C@H](O)CO. The van der Waals surface area contributed by atoms with E-state index >= 15 is 0 Å². The van der Waals surface area contributed by atoms with Crippen molar-refractivity contribution in [1.82, 2.24) is 0 Å². The van der Waals surface area contributed by atoms with Crippen molar-refractivity contribution in [3.8, 4) is 0 Å². The molecule has 0 radical (unpaired) electrons. The molecule has 5 atom stereocenters. The first-order valence-electron chi connectivity index (χ1n) is 7.71. The number of benzene rings is 1. The van der Waals surface area contributed by atoms with Crippen molar-refractivity contribution in [3.05, 3.63) is 61.2 Å². The molecule has 1 aromatic rings. The molecule has 134 valence electrons. The highest BCUT2D eigenvalue weighted by atomic mass is 16.5. The Balaban J connectivity index is 2.98. The van der Waals surface area contributed by atoms with Gasteiger partial charge in [-0.3, -0.25) is 0 Å². The van der Waals surface area contributed by atoms with E-state index in [4.69, 9.17) is 14.6 Å². The van der Waals surface area contributed by atoms with Gasteiger partial charge in [-0.2, -0.15) is 0 Å². The van der Waals surface area contributed by atoms with Crippen LogP contribution < -0.4 is 0 Å². The smallest absolute Gasteiger partial charge is 0.115 e. The van der Waals surface area contributed by atoms with Gasteiger partial charge in [-0.15, -0.1) is 13.2 Å². The van der Waals surface area contributed by atoms with Crippen molar-refractivity contribution in [1.29, 1.82) is 0 Å². The highest BCUT2D eigenvalue weighted by Gasteiger charge is 2.37. The molecular weight excluding hydrogens is 312 g/mol. The summed E-state index contributed by atoms with van der Waals surface area (Å²) in [7, 11) is 0. The van der Waals surface area contributed by atoms with Crippen LogP contribution in [0.15, 0.2) is 55.6 Å². The van der Waals surface area contributed by atoms with Crippen LogP contribution in [0.2, 0.25) is 0 Å². The second-order valence-corrected chi connectivity index (χ2v) is 5.27. The fourth-order valence-corrected chi connectivity index (χ4v) is 2.30. The molecule has 0 aromatic heterocycles. The molecule has 0 spiro atoms. The van der Waals surface area contributed by atoms with E-state index in [-0.39, 0.29) is 13.2 Å². The summed E-state index contributed by atoms with van der Waals surface area (Å²) in [5.74, 6) is 0. The van der Waals surface area contributed by atoms with Gasteiger partial charge in [0.25, 0.3) is 0 Å². The average molecular weight is 338 g/mol. The number of ether oxygens (including phenoxy) is 2. The highest BCUT2D eigenvalue weighted by molar-refractivity contribution is 5.19. The minimum Gasteiger partial charge on any atom is -0.394 e. The van der Waals surface area contributed by atoms with Crippen LogP contribution >= 0.6 is 0 Å². The predicted molar refractivity (Wildman–Crippen MR) is 90.4 cm³/mol. The van der Waals surface area contributed by atoms with Gasteiger partial charge in [0.05, 0.1) is 19.8 Å². The molecule has 6 nitrogen and oxygen atoms in total. The van der Waals surface area contributed by atoms with E-state index in [2.05, 4.69) is 13.2 Å². The van der Waals surface area contributed by atoms with E-state index in [1.54, 1.807) is 24.3 Å². The van der Waals surface area contributed by atoms with E-state index in [1.807, 2.05) is 6.07 Å². The van der Waals surface area contributed by atoms with Crippen molar-refractivity contribution in [2.45, 2.75) is 30.5 Å². The van der Waals surface area contributed by atoms with Crippen molar-refractivity contribution in [3.63, 3.8) is 0 Å². The molecule has 0 saturated carbocycles. The molecule has 0 saturated heterocycles. The van der Waals surface area contributed by atoms with Crippen molar-refractivity contribution >= 4 is 0 Å². The Bertz CT molecular complexity index is 478. The summed E-state index contributed by atoms with van der Waals surface area (Å²) in [4.78, 5) is 0. The maximum Gasteiger partial charge on any atom is 0.115 e. The molecule has 24 heavy (non-hydrogen) atoms. The fraction of sp³-hybridized carbons (Fsp3) is 0.444. The molecule has 0 heterocycles. The Labute approximate surface area is 142 Å². The van der Waals surface area contributed by atoms with Gasteiger partial charge in [-0.1, -0.05) is 42.5 Å². The van der Waals surface area contributed by atoms with Crippen LogP contribution in [0, 0.1) is 0 Å². The fourth-order valence-electron chi connectivity index (χ4n) is 2.30. The minimum absolute atomic E-state index is 0.0506. The maximum absolute atomic E-state index is 10.6. The lowest BCUT2D eigenvalue weighted by Gasteiger charge is -2.33. The molecule has 6 heteroatoms. The summed E-state index contributed by atoms with van der Waals surface area (Å²) in [6.45, 7) is 6.67. The molecule has 4 N–H and O–H groups in total. The van der Waals surface area contributed by atoms with Gasteiger partial charge in [-0.05, 0) is 5.56 Å².